The Hall–Kier alpha value is -2.17. The van der Waals surface area contributed by atoms with Crippen molar-refractivity contribution in [1.29, 1.82) is 0 Å². The Morgan fingerprint density at radius 1 is 1.29 bits per heavy atom. The van der Waals surface area contributed by atoms with Crippen molar-refractivity contribution in [2.45, 2.75) is 13.8 Å². The number of esters is 1. The first-order valence-electron chi connectivity index (χ1n) is 5.22. The van der Waals surface area contributed by atoms with Crippen LogP contribution in [-0.4, -0.2) is 24.2 Å². The van der Waals surface area contributed by atoms with Crippen molar-refractivity contribution < 1.29 is 14.3 Å². The van der Waals surface area contributed by atoms with E-state index in [4.69, 9.17) is 4.74 Å². The number of carbonyl (C=O) groups is 2. The standard InChI is InChI=1S/C12H14N2O3/c1-3-17-12(16)9(2)13-14-11(15)10-7-5-4-6-8-10/h4-8H,3H2,1-2H3,(H,14,15). The van der Waals surface area contributed by atoms with Crippen LogP contribution in [0.4, 0.5) is 0 Å². The Morgan fingerprint density at radius 3 is 2.53 bits per heavy atom. The molecule has 0 aromatic heterocycles. The van der Waals surface area contributed by atoms with Gasteiger partial charge in [0.25, 0.3) is 5.91 Å². The van der Waals surface area contributed by atoms with Crippen LogP contribution >= 0.6 is 0 Å². The maximum absolute atomic E-state index is 11.6. The van der Waals surface area contributed by atoms with Crippen LogP contribution in [0.3, 0.4) is 0 Å². The van der Waals surface area contributed by atoms with Gasteiger partial charge in [-0.3, -0.25) is 4.79 Å². The number of hydrogen-bond donors (Lipinski definition) is 1. The number of hydrogen-bond acceptors (Lipinski definition) is 4. The maximum Gasteiger partial charge on any atom is 0.354 e. The second kappa shape index (κ2) is 6.42. The lowest BCUT2D eigenvalue weighted by Crippen LogP contribution is -2.23. The van der Waals surface area contributed by atoms with Crippen molar-refractivity contribution in [2.75, 3.05) is 6.61 Å². The summed E-state index contributed by atoms with van der Waals surface area (Å²) in [6.45, 7) is 3.45. The van der Waals surface area contributed by atoms with Crippen LogP contribution in [0.5, 0.6) is 0 Å². The van der Waals surface area contributed by atoms with Crippen molar-refractivity contribution in [3.05, 3.63) is 35.9 Å². The molecule has 5 nitrogen and oxygen atoms in total. The van der Waals surface area contributed by atoms with Crippen LogP contribution < -0.4 is 5.43 Å². The summed E-state index contributed by atoms with van der Waals surface area (Å²) in [6, 6.07) is 8.62. The zero-order valence-corrected chi connectivity index (χ0v) is 9.77. The largest absolute Gasteiger partial charge is 0.461 e. The molecule has 5 heteroatoms. The van der Waals surface area contributed by atoms with Gasteiger partial charge < -0.3 is 4.74 Å². The van der Waals surface area contributed by atoms with E-state index in [0.29, 0.717) is 5.56 Å². The third kappa shape index (κ3) is 4.06. The zero-order chi connectivity index (χ0) is 12.7. The van der Waals surface area contributed by atoms with Gasteiger partial charge in [0.15, 0.2) is 0 Å². The highest BCUT2D eigenvalue weighted by Gasteiger charge is 2.08. The van der Waals surface area contributed by atoms with E-state index in [9.17, 15) is 9.59 Å². The molecular weight excluding hydrogens is 220 g/mol. The smallest absolute Gasteiger partial charge is 0.354 e. The number of nitrogens with one attached hydrogen (secondary N) is 1. The summed E-state index contributed by atoms with van der Waals surface area (Å²) in [5.74, 6) is -0.907. The highest BCUT2D eigenvalue weighted by Crippen LogP contribution is 1.97. The minimum Gasteiger partial charge on any atom is -0.461 e. The molecule has 1 amide bonds. The molecule has 90 valence electrons. The van der Waals surface area contributed by atoms with E-state index >= 15 is 0 Å². The van der Waals surface area contributed by atoms with Crippen molar-refractivity contribution in [2.24, 2.45) is 5.10 Å². The molecule has 0 aliphatic carbocycles. The third-order valence-electron chi connectivity index (χ3n) is 1.93. The molecule has 1 N–H and O–H groups in total. The fourth-order valence-corrected chi connectivity index (χ4v) is 1.07. The second-order valence-electron chi connectivity index (χ2n) is 3.22. The van der Waals surface area contributed by atoms with Crippen molar-refractivity contribution in [1.82, 2.24) is 5.43 Å². The maximum atomic E-state index is 11.6. The van der Waals surface area contributed by atoms with Gasteiger partial charge in [0.2, 0.25) is 0 Å². The van der Waals surface area contributed by atoms with Gasteiger partial charge in [0, 0.05) is 5.56 Å². The first-order valence-corrected chi connectivity index (χ1v) is 5.22. The summed E-state index contributed by atoms with van der Waals surface area (Å²) in [7, 11) is 0. The lowest BCUT2D eigenvalue weighted by atomic mass is 10.2. The summed E-state index contributed by atoms with van der Waals surface area (Å²) in [4.78, 5) is 22.7. The lowest BCUT2D eigenvalue weighted by Gasteiger charge is -2.02. The second-order valence-corrected chi connectivity index (χ2v) is 3.22. The highest BCUT2D eigenvalue weighted by atomic mass is 16.5. The summed E-state index contributed by atoms with van der Waals surface area (Å²) in [6.07, 6.45) is 0. The average molecular weight is 234 g/mol. The number of amides is 1. The van der Waals surface area contributed by atoms with E-state index in [0.717, 1.165) is 0 Å². The molecule has 0 unspecified atom stereocenters. The average Bonchev–Trinajstić information content (AvgIpc) is 2.36. The van der Waals surface area contributed by atoms with Crippen LogP contribution in [-0.2, 0) is 9.53 Å². The molecule has 0 fully saturated rings. The van der Waals surface area contributed by atoms with Gasteiger partial charge in [-0.25, -0.2) is 10.2 Å². The van der Waals surface area contributed by atoms with Gasteiger partial charge in [0.05, 0.1) is 6.61 Å². The number of ether oxygens (including phenoxy) is 1. The molecule has 0 aliphatic heterocycles. The highest BCUT2D eigenvalue weighted by molar-refractivity contribution is 6.35. The molecule has 17 heavy (non-hydrogen) atoms. The van der Waals surface area contributed by atoms with E-state index in [-0.39, 0.29) is 18.2 Å². The topological polar surface area (TPSA) is 67.8 Å². The number of nitrogens with zero attached hydrogens (tertiary/aromatic N) is 1. The van der Waals surface area contributed by atoms with Crippen LogP contribution in [0.15, 0.2) is 35.4 Å². The van der Waals surface area contributed by atoms with Gasteiger partial charge >= 0.3 is 5.97 Å². The molecule has 0 radical (unpaired) electrons. The van der Waals surface area contributed by atoms with E-state index in [1.165, 1.54) is 6.92 Å². The fourth-order valence-electron chi connectivity index (χ4n) is 1.07. The predicted octanol–water partition coefficient (Wildman–Crippen LogP) is 1.36. The monoisotopic (exact) mass is 234 g/mol. The Kier molecular flexibility index (Phi) is 4.87. The van der Waals surface area contributed by atoms with Crippen LogP contribution in [0.1, 0.15) is 24.2 Å². The number of hydrazone groups is 1. The molecule has 1 aromatic rings. The third-order valence-corrected chi connectivity index (χ3v) is 1.93. The van der Waals surface area contributed by atoms with E-state index in [1.807, 2.05) is 6.07 Å². The van der Waals surface area contributed by atoms with E-state index < -0.39 is 5.97 Å². The first kappa shape index (κ1) is 12.9. The van der Waals surface area contributed by atoms with Crippen LogP contribution in [0.25, 0.3) is 0 Å². The summed E-state index contributed by atoms with van der Waals surface area (Å²) in [5.41, 5.74) is 2.87. The molecule has 1 aromatic carbocycles. The Labute approximate surface area is 99.5 Å². The zero-order valence-electron chi connectivity index (χ0n) is 9.77. The number of carbonyl (C=O) groups excluding carboxylic acids is 2. The summed E-state index contributed by atoms with van der Waals surface area (Å²) < 4.78 is 4.72. The molecule has 0 aliphatic rings. The van der Waals surface area contributed by atoms with E-state index in [1.54, 1.807) is 31.2 Å². The molecule has 0 bridgehead atoms. The lowest BCUT2D eigenvalue weighted by molar-refractivity contribution is -0.135. The van der Waals surface area contributed by atoms with Crippen LogP contribution in [0.2, 0.25) is 0 Å². The minimum atomic E-state index is -0.541. The Balaban J connectivity index is 2.59. The number of benzene rings is 1. The molecular formula is C12H14N2O3. The minimum absolute atomic E-state index is 0.108. The SMILES string of the molecule is CCOC(=O)C(C)=NNC(=O)c1ccccc1. The van der Waals surface area contributed by atoms with Crippen molar-refractivity contribution >= 4 is 17.6 Å². The van der Waals surface area contributed by atoms with Gasteiger partial charge in [-0.1, -0.05) is 18.2 Å². The fraction of sp³-hybridized carbons (Fsp3) is 0.250. The van der Waals surface area contributed by atoms with Gasteiger partial charge in [-0.05, 0) is 26.0 Å². The Morgan fingerprint density at radius 2 is 1.94 bits per heavy atom. The molecule has 0 saturated heterocycles. The molecule has 0 spiro atoms. The molecule has 1 rings (SSSR count). The van der Waals surface area contributed by atoms with Crippen molar-refractivity contribution in [3.8, 4) is 0 Å². The summed E-state index contributed by atoms with van der Waals surface area (Å²) >= 11 is 0. The van der Waals surface area contributed by atoms with Gasteiger partial charge in [0.1, 0.15) is 5.71 Å². The van der Waals surface area contributed by atoms with Crippen molar-refractivity contribution in [3.63, 3.8) is 0 Å². The summed E-state index contributed by atoms with van der Waals surface area (Å²) in [5, 5.41) is 3.66. The van der Waals surface area contributed by atoms with Gasteiger partial charge in [-0.2, -0.15) is 5.10 Å². The quantitative estimate of drug-likeness (QED) is 0.486. The molecule has 0 heterocycles. The molecule has 0 saturated carbocycles. The molecule has 0 atom stereocenters. The van der Waals surface area contributed by atoms with Gasteiger partial charge in [-0.15, -0.1) is 0 Å². The predicted molar refractivity (Wildman–Crippen MR) is 63.7 cm³/mol. The number of rotatable bonds is 4. The van der Waals surface area contributed by atoms with E-state index in [2.05, 4.69) is 10.5 Å². The normalized spacial score (nSPS) is 10.8. The van der Waals surface area contributed by atoms with Crippen LogP contribution in [0, 0.1) is 0 Å². The first-order chi connectivity index (χ1) is 8.15. The Bertz CT molecular complexity index is 427.